The van der Waals surface area contributed by atoms with Crippen molar-refractivity contribution in [3.63, 3.8) is 0 Å². The summed E-state index contributed by atoms with van der Waals surface area (Å²) in [6.07, 6.45) is -0.829. The Morgan fingerprint density at radius 1 is 1.17 bits per heavy atom. The van der Waals surface area contributed by atoms with Gasteiger partial charge in [-0.2, -0.15) is 4.31 Å². The number of aliphatic hydroxyl groups excluding tert-OH is 1. The molecule has 7 nitrogen and oxygen atoms in total. The molecule has 3 rings (SSSR count). The van der Waals surface area contributed by atoms with Gasteiger partial charge in [-0.1, -0.05) is 55.5 Å². The quantitative estimate of drug-likeness (QED) is 0.440. The fourth-order valence-corrected chi connectivity index (χ4v) is 5.70. The minimum atomic E-state index is -3.77. The highest BCUT2D eigenvalue weighted by Crippen LogP contribution is 2.28. The number of hydrogen-bond acceptors (Lipinski definition) is 7. The van der Waals surface area contributed by atoms with Crippen molar-refractivity contribution in [1.82, 2.24) is 14.6 Å². The van der Waals surface area contributed by atoms with Crippen LogP contribution in [0.4, 0.5) is 5.13 Å². The number of nitrogens with two attached hydrogens (primary N) is 1. The van der Waals surface area contributed by atoms with E-state index in [0.717, 1.165) is 10.3 Å². The number of nitrogen functional groups attached to an aromatic ring is 1. The molecule has 0 bridgehead atoms. The van der Waals surface area contributed by atoms with Gasteiger partial charge < -0.3 is 16.2 Å². The number of nitrogens with one attached hydrogen (secondary N) is 1. The largest absolute Gasteiger partial charge is 0.390 e. The Morgan fingerprint density at radius 3 is 2.60 bits per heavy atom. The van der Waals surface area contributed by atoms with Crippen LogP contribution in [0.2, 0.25) is 0 Å². The van der Waals surface area contributed by atoms with E-state index in [1.54, 1.807) is 18.2 Å². The van der Waals surface area contributed by atoms with Crippen molar-refractivity contribution in [1.29, 1.82) is 0 Å². The van der Waals surface area contributed by atoms with Crippen LogP contribution in [0.3, 0.4) is 0 Å². The number of benzene rings is 2. The second-order valence-corrected chi connectivity index (χ2v) is 10.7. The van der Waals surface area contributed by atoms with Crippen molar-refractivity contribution in [3.8, 4) is 0 Å². The van der Waals surface area contributed by atoms with Gasteiger partial charge in [0.05, 0.1) is 21.2 Å². The van der Waals surface area contributed by atoms with Crippen molar-refractivity contribution >= 4 is 36.7 Å². The molecule has 162 valence electrons. The van der Waals surface area contributed by atoms with Gasteiger partial charge in [0.25, 0.3) is 0 Å². The Hall–Kier alpha value is -2.04. The fraction of sp³-hybridized carbons (Fsp3) is 0.381. The Morgan fingerprint density at radius 2 is 1.90 bits per heavy atom. The molecular formula is C21H28N4O3S2. The van der Waals surface area contributed by atoms with Crippen LogP contribution < -0.4 is 11.1 Å². The summed E-state index contributed by atoms with van der Waals surface area (Å²) in [5, 5.41) is 14.1. The van der Waals surface area contributed by atoms with Crippen molar-refractivity contribution in [2.75, 3.05) is 25.4 Å². The average molecular weight is 449 g/mol. The molecule has 4 N–H and O–H groups in total. The van der Waals surface area contributed by atoms with E-state index in [-0.39, 0.29) is 17.4 Å². The van der Waals surface area contributed by atoms with Crippen LogP contribution in [-0.2, 0) is 16.6 Å². The molecule has 1 atom stereocenters. The van der Waals surface area contributed by atoms with Crippen LogP contribution in [0.25, 0.3) is 10.2 Å². The van der Waals surface area contributed by atoms with Gasteiger partial charge >= 0.3 is 0 Å². The van der Waals surface area contributed by atoms with Gasteiger partial charge in [-0.15, -0.1) is 0 Å². The average Bonchev–Trinajstić information content (AvgIpc) is 3.07. The summed E-state index contributed by atoms with van der Waals surface area (Å²) in [5.41, 5.74) is 7.52. The molecule has 0 unspecified atom stereocenters. The molecule has 0 aliphatic rings. The molecule has 30 heavy (non-hydrogen) atoms. The summed E-state index contributed by atoms with van der Waals surface area (Å²) in [6, 6.07) is 14.7. The van der Waals surface area contributed by atoms with E-state index in [0.29, 0.717) is 30.3 Å². The molecule has 0 aliphatic heterocycles. The summed E-state index contributed by atoms with van der Waals surface area (Å²) in [5.74, 6) is 0.118. The van der Waals surface area contributed by atoms with E-state index in [1.165, 1.54) is 15.6 Å². The maximum absolute atomic E-state index is 13.3. The fourth-order valence-electron chi connectivity index (χ4n) is 3.19. The van der Waals surface area contributed by atoms with E-state index in [4.69, 9.17) is 5.73 Å². The zero-order chi connectivity index (χ0) is 21.7. The molecule has 1 aromatic heterocycles. The molecule has 9 heteroatoms. The minimum Gasteiger partial charge on any atom is -0.390 e. The Bertz CT molecular complexity index is 1070. The summed E-state index contributed by atoms with van der Waals surface area (Å²) in [6.45, 7) is 5.15. The van der Waals surface area contributed by atoms with Crippen molar-refractivity contribution in [2.45, 2.75) is 31.4 Å². The number of hydrogen-bond donors (Lipinski definition) is 3. The summed E-state index contributed by atoms with van der Waals surface area (Å²) < 4.78 is 28.7. The number of sulfonamides is 1. The van der Waals surface area contributed by atoms with Gasteiger partial charge in [0.1, 0.15) is 0 Å². The van der Waals surface area contributed by atoms with Crippen LogP contribution in [-0.4, -0.2) is 48.6 Å². The van der Waals surface area contributed by atoms with E-state index in [2.05, 4.69) is 10.3 Å². The van der Waals surface area contributed by atoms with Crippen molar-refractivity contribution in [2.24, 2.45) is 5.92 Å². The van der Waals surface area contributed by atoms with Gasteiger partial charge in [0.2, 0.25) is 10.0 Å². The highest BCUT2D eigenvalue weighted by Gasteiger charge is 2.27. The van der Waals surface area contributed by atoms with Gasteiger partial charge in [-0.3, -0.25) is 0 Å². The summed E-state index contributed by atoms with van der Waals surface area (Å²) in [7, 11) is -3.77. The topological polar surface area (TPSA) is 109 Å². The lowest BCUT2D eigenvalue weighted by atomic mass is 10.2. The van der Waals surface area contributed by atoms with Crippen LogP contribution in [0.1, 0.15) is 19.4 Å². The van der Waals surface area contributed by atoms with Crippen molar-refractivity contribution < 1.29 is 13.5 Å². The first-order valence-electron chi connectivity index (χ1n) is 9.84. The standard InChI is InChI=1S/C21H28N4O3S2/c1-15(2)13-25(14-17(26)12-23-11-16-6-4-3-5-7-16)30(27,28)18-8-9-19-20(10-18)29-21(22)24-19/h3-10,15,17,23,26H,11-14H2,1-2H3,(H2,22,24)/t17-/m1/s1. The molecule has 0 aliphatic carbocycles. The Kier molecular flexibility index (Phi) is 7.43. The smallest absolute Gasteiger partial charge is 0.243 e. The monoisotopic (exact) mass is 448 g/mol. The molecule has 2 aromatic carbocycles. The Labute approximate surface area is 181 Å². The summed E-state index contributed by atoms with van der Waals surface area (Å²) in [4.78, 5) is 4.36. The molecule has 0 saturated carbocycles. The normalized spacial score (nSPS) is 13.4. The third-order valence-corrected chi connectivity index (χ3v) is 7.22. The molecule has 0 saturated heterocycles. The number of nitrogens with zero attached hydrogens (tertiary/aromatic N) is 2. The first-order chi connectivity index (χ1) is 14.3. The molecular weight excluding hydrogens is 420 g/mol. The lowest BCUT2D eigenvalue weighted by Crippen LogP contribution is -2.43. The lowest BCUT2D eigenvalue weighted by molar-refractivity contribution is 0.139. The number of rotatable bonds is 10. The SMILES string of the molecule is CC(C)CN(C[C@H](O)CNCc1ccccc1)S(=O)(=O)c1ccc2nc(N)sc2c1. The van der Waals surface area contributed by atoms with Crippen LogP contribution in [0, 0.1) is 5.92 Å². The minimum absolute atomic E-state index is 0.0190. The second-order valence-electron chi connectivity index (χ2n) is 7.67. The van der Waals surface area contributed by atoms with Crippen LogP contribution >= 0.6 is 11.3 Å². The van der Waals surface area contributed by atoms with Crippen LogP contribution in [0.5, 0.6) is 0 Å². The van der Waals surface area contributed by atoms with Gasteiger partial charge in [-0.05, 0) is 29.7 Å². The van der Waals surface area contributed by atoms with E-state index >= 15 is 0 Å². The highest BCUT2D eigenvalue weighted by atomic mass is 32.2. The third-order valence-electron chi connectivity index (χ3n) is 4.55. The highest BCUT2D eigenvalue weighted by molar-refractivity contribution is 7.89. The number of thiazole rings is 1. The molecule has 0 amide bonds. The zero-order valence-corrected chi connectivity index (χ0v) is 18.8. The number of fused-ring (bicyclic) bond motifs is 1. The zero-order valence-electron chi connectivity index (χ0n) is 17.2. The first-order valence-corrected chi connectivity index (χ1v) is 12.1. The summed E-state index contributed by atoms with van der Waals surface area (Å²) >= 11 is 1.26. The van der Waals surface area contributed by atoms with Crippen molar-refractivity contribution in [3.05, 3.63) is 54.1 Å². The first kappa shape index (κ1) is 22.6. The Balaban J connectivity index is 1.71. The number of aromatic nitrogens is 1. The number of anilines is 1. The van der Waals surface area contributed by atoms with Gasteiger partial charge in [0, 0.05) is 26.2 Å². The van der Waals surface area contributed by atoms with E-state index in [1.807, 2.05) is 44.2 Å². The predicted molar refractivity (Wildman–Crippen MR) is 122 cm³/mol. The third kappa shape index (κ3) is 5.77. The van der Waals surface area contributed by atoms with E-state index < -0.39 is 16.1 Å². The molecule has 1 heterocycles. The van der Waals surface area contributed by atoms with Crippen LogP contribution in [0.15, 0.2) is 53.4 Å². The van der Waals surface area contributed by atoms with Gasteiger partial charge in [0.15, 0.2) is 5.13 Å². The lowest BCUT2D eigenvalue weighted by Gasteiger charge is -2.26. The molecule has 0 spiro atoms. The van der Waals surface area contributed by atoms with Gasteiger partial charge in [-0.25, -0.2) is 13.4 Å². The second kappa shape index (κ2) is 9.84. The number of aliphatic hydroxyl groups is 1. The maximum Gasteiger partial charge on any atom is 0.243 e. The molecule has 3 aromatic rings. The maximum atomic E-state index is 13.3. The van der Waals surface area contributed by atoms with E-state index in [9.17, 15) is 13.5 Å². The predicted octanol–water partition coefficient (Wildman–Crippen LogP) is 2.68. The molecule has 0 radical (unpaired) electrons. The molecule has 0 fully saturated rings.